The van der Waals surface area contributed by atoms with Crippen LogP contribution in [0.4, 0.5) is 16.6 Å². The van der Waals surface area contributed by atoms with Crippen molar-refractivity contribution >= 4 is 44.1 Å². The van der Waals surface area contributed by atoms with Gasteiger partial charge < -0.3 is 24.8 Å². The van der Waals surface area contributed by atoms with Crippen LogP contribution in [0, 0.1) is 6.92 Å². The zero-order chi connectivity index (χ0) is 19.5. The first kappa shape index (κ1) is 18.7. The van der Waals surface area contributed by atoms with Crippen LogP contribution < -0.4 is 15.5 Å². The topological polar surface area (TPSA) is 92.5 Å². The first-order valence-electron chi connectivity index (χ1n) is 9.36. The summed E-state index contributed by atoms with van der Waals surface area (Å²) in [6.07, 6.45) is 0.641. The summed E-state index contributed by atoms with van der Waals surface area (Å²) in [5.74, 6) is 0.938. The third kappa shape index (κ3) is 4.10. The fourth-order valence-electron chi connectivity index (χ4n) is 3.08. The number of rotatable bonds is 6. The minimum Gasteiger partial charge on any atom is -0.378 e. The van der Waals surface area contributed by atoms with Crippen molar-refractivity contribution < 1.29 is 14.1 Å². The second-order valence-corrected chi connectivity index (χ2v) is 7.70. The van der Waals surface area contributed by atoms with E-state index in [0.717, 1.165) is 47.3 Å². The Morgan fingerprint density at radius 1 is 1.32 bits per heavy atom. The summed E-state index contributed by atoms with van der Waals surface area (Å²) in [5.41, 5.74) is 1.86. The third-order valence-corrected chi connectivity index (χ3v) is 5.68. The number of amides is 1. The molecule has 2 N–H and O–H groups in total. The normalized spacial score (nSPS) is 15.6. The average molecular weight is 401 g/mol. The van der Waals surface area contributed by atoms with Crippen molar-refractivity contribution in [1.29, 1.82) is 0 Å². The summed E-state index contributed by atoms with van der Waals surface area (Å²) >= 11 is 1.66. The highest BCUT2D eigenvalue weighted by Crippen LogP contribution is 2.31. The molecule has 1 aromatic carbocycles. The highest BCUT2D eigenvalue weighted by Gasteiger charge is 2.19. The number of hydrogen-bond donors (Lipinski definition) is 2. The second kappa shape index (κ2) is 8.15. The molecule has 1 atom stereocenters. The van der Waals surface area contributed by atoms with Crippen LogP contribution >= 0.6 is 11.3 Å². The highest BCUT2D eigenvalue weighted by atomic mass is 32.1. The number of morpholine rings is 1. The van der Waals surface area contributed by atoms with E-state index >= 15 is 0 Å². The number of anilines is 3. The van der Waals surface area contributed by atoms with Crippen LogP contribution in [0.5, 0.6) is 0 Å². The summed E-state index contributed by atoms with van der Waals surface area (Å²) in [5, 5.41) is 10.9. The molecule has 1 aliphatic heterocycles. The number of aryl methyl sites for hydroxylation is 1. The summed E-state index contributed by atoms with van der Waals surface area (Å²) in [4.78, 5) is 19.5. The quantitative estimate of drug-likeness (QED) is 0.655. The van der Waals surface area contributed by atoms with Gasteiger partial charge in [0.15, 0.2) is 10.9 Å². The number of hydrogen-bond acceptors (Lipinski definition) is 8. The molecule has 148 valence electrons. The Hall–Kier alpha value is -2.65. The van der Waals surface area contributed by atoms with Gasteiger partial charge in [-0.3, -0.25) is 4.79 Å². The maximum atomic E-state index is 12.5. The Kier molecular flexibility index (Phi) is 5.45. The van der Waals surface area contributed by atoms with E-state index in [-0.39, 0.29) is 11.9 Å². The molecule has 1 aliphatic rings. The number of ether oxygens (including phenoxy) is 1. The van der Waals surface area contributed by atoms with E-state index in [4.69, 9.17) is 14.2 Å². The molecule has 1 amide bonds. The van der Waals surface area contributed by atoms with E-state index in [1.165, 1.54) is 0 Å². The van der Waals surface area contributed by atoms with Gasteiger partial charge in [-0.15, -0.1) is 0 Å². The van der Waals surface area contributed by atoms with Gasteiger partial charge in [0.05, 0.1) is 23.4 Å². The Bertz CT molecular complexity index is 964. The maximum Gasteiger partial charge on any atom is 0.248 e. The van der Waals surface area contributed by atoms with Gasteiger partial charge in [0.1, 0.15) is 11.8 Å². The van der Waals surface area contributed by atoms with E-state index in [0.29, 0.717) is 18.0 Å². The number of aromatic nitrogens is 2. The number of thiazole rings is 1. The molecule has 3 aromatic rings. The lowest BCUT2D eigenvalue weighted by atomic mass is 10.2. The van der Waals surface area contributed by atoms with Crippen LogP contribution in [0.15, 0.2) is 28.8 Å². The predicted molar refractivity (Wildman–Crippen MR) is 110 cm³/mol. The van der Waals surface area contributed by atoms with Crippen molar-refractivity contribution in [2.24, 2.45) is 0 Å². The molecule has 2 aromatic heterocycles. The molecule has 1 fully saturated rings. The lowest BCUT2D eigenvalue weighted by molar-refractivity contribution is -0.117. The van der Waals surface area contributed by atoms with E-state index in [1.807, 2.05) is 25.1 Å². The van der Waals surface area contributed by atoms with Gasteiger partial charge in [-0.25, -0.2) is 4.98 Å². The van der Waals surface area contributed by atoms with Crippen molar-refractivity contribution in [3.8, 4) is 0 Å². The standard InChI is InChI=1S/C19H23N5O3S/c1-3-14(18(25)22-17-10-12(2)27-23-17)20-13-4-5-15-16(11-13)28-19(21-15)24-6-8-26-9-7-24/h4-5,10-11,14,20H,3,6-9H2,1-2H3,(H,22,23,25). The molecule has 9 heteroatoms. The van der Waals surface area contributed by atoms with Gasteiger partial charge in [-0.05, 0) is 31.5 Å². The Labute approximate surface area is 166 Å². The first-order chi connectivity index (χ1) is 13.6. The molecule has 0 aliphatic carbocycles. The molecule has 8 nitrogen and oxygen atoms in total. The molecular formula is C19H23N5O3S. The number of fused-ring (bicyclic) bond motifs is 1. The van der Waals surface area contributed by atoms with Gasteiger partial charge in [0.2, 0.25) is 5.91 Å². The van der Waals surface area contributed by atoms with Crippen LogP contribution in [0.3, 0.4) is 0 Å². The van der Waals surface area contributed by atoms with Gasteiger partial charge in [0.25, 0.3) is 0 Å². The van der Waals surface area contributed by atoms with Crippen molar-refractivity contribution in [1.82, 2.24) is 10.1 Å². The predicted octanol–water partition coefficient (Wildman–Crippen LogP) is 3.26. The number of carbonyl (C=O) groups excluding carboxylic acids is 1. The van der Waals surface area contributed by atoms with Crippen LogP contribution in [-0.4, -0.2) is 48.4 Å². The van der Waals surface area contributed by atoms with Gasteiger partial charge in [-0.1, -0.05) is 23.4 Å². The lowest BCUT2D eigenvalue weighted by Gasteiger charge is -2.25. The monoisotopic (exact) mass is 401 g/mol. The van der Waals surface area contributed by atoms with Crippen LogP contribution in [0.25, 0.3) is 10.2 Å². The Morgan fingerprint density at radius 2 is 2.14 bits per heavy atom. The smallest absolute Gasteiger partial charge is 0.248 e. The number of carbonyl (C=O) groups is 1. The van der Waals surface area contributed by atoms with E-state index < -0.39 is 0 Å². The number of benzene rings is 1. The SMILES string of the molecule is CCC(Nc1ccc2nc(N3CCOCC3)sc2c1)C(=O)Nc1cc(C)on1. The molecule has 3 heterocycles. The number of nitrogens with one attached hydrogen (secondary N) is 2. The van der Waals surface area contributed by atoms with Crippen LogP contribution in [-0.2, 0) is 9.53 Å². The van der Waals surface area contributed by atoms with E-state index in [9.17, 15) is 4.79 Å². The third-order valence-electron chi connectivity index (χ3n) is 4.60. The molecular weight excluding hydrogens is 378 g/mol. The molecule has 0 radical (unpaired) electrons. The zero-order valence-corrected chi connectivity index (χ0v) is 16.7. The van der Waals surface area contributed by atoms with Crippen molar-refractivity contribution in [3.63, 3.8) is 0 Å². The second-order valence-electron chi connectivity index (χ2n) is 6.70. The summed E-state index contributed by atoms with van der Waals surface area (Å²) in [6, 6.07) is 7.32. The Morgan fingerprint density at radius 3 is 2.86 bits per heavy atom. The minimum absolute atomic E-state index is 0.144. The number of nitrogens with zero attached hydrogens (tertiary/aromatic N) is 3. The Balaban J connectivity index is 1.47. The summed E-state index contributed by atoms with van der Waals surface area (Å²) < 4.78 is 11.5. The van der Waals surface area contributed by atoms with Crippen LogP contribution in [0.2, 0.25) is 0 Å². The minimum atomic E-state index is -0.374. The first-order valence-corrected chi connectivity index (χ1v) is 10.2. The van der Waals surface area contributed by atoms with Crippen molar-refractivity contribution in [2.45, 2.75) is 26.3 Å². The zero-order valence-electron chi connectivity index (χ0n) is 15.9. The molecule has 1 saturated heterocycles. The van der Waals surface area contributed by atoms with Crippen molar-refractivity contribution in [2.75, 3.05) is 41.8 Å². The highest BCUT2D eigenvalue weighted by molar-refractivity contribution is 7.22. The summed E-state index contributed by atoms with van der Waals surface area (Å²) in [7, 11) is 0. The maximum absolute atomic E-state index is 12.5. The van der Waals surface area contributed by atoms with Crippen LogP contribution in [0.1, 0.15) is 19.1 Å². The lowest BCUT2D eigenvalue weighted by Crippen LogP contribution is -2.36. The van der Waals surface area contributed by atoms with E-state index in [1.54, 1.807) is 24.3 Å². The molecule has 1 unspecified atom stereocenters. The average Bonchev–Trinajstić information content (AvgIpc) is 3.32. The molecule has 0 spiro atoms. The molecule has 0 saturated carbocycles. The van der Waals surface area contributed by atoms with Gasteiger partial charge >= 0.3 is 0 Å². The summed E-state index contributed by atoms with van der Waals surface area (Å²) in [6.45, 7) is 6.96. The van der Waals surface area contributed by atoms with Gasteiger partial charge in [0, 0.05) is 24.8 Å². The van der Waals surface area contributed by atoms with E-state index in [2.05, 4.69) is 20.7 Å². The molecule has 28 heavy (non-hydrogen) atoms. The molecule has 0 bridgehead atoms. The largest absolute Gasteiger partial charge is 0.378 e. The molecule has 4 rings (SSSR count). The van der Waals surface area contributed by atoms with Crippen molar-refractivity contribution in [3.05, 3.63) is 30.0 Å². The van der Waals surface area contributed by atoms with Gasteiger partial charge in [-0.2, -0.15) is 0 Å². The fraction of sp³-hybridized carbons (Fsp3) is 0.421. The fourth-order valence-corrected chi connectivity index (χ4v) is 4.14.